The van der Waals surface area contributed by atoms with Crippen LogP contribution in [0.2, 0.25) is 0 Å². The van der Waals surface area contributed by atoms with Crippen molar-refractivity contribution in [1.29, 1.82) is 0 Å². The fourth-order valence-electron chi connectivity index (χ4n) is 1.26. The first-order valence-corrected chi connectivity index (χ1v) is 4.53. The maximum absolute atomic E-state index is 5.13. The molecule has 0 saturated carbocycles. The molecule has 2 heterocycles. The average Bonchev–Trinajstić information content (AvgIpc) is 2.51. The van der Waals surface area contributed by atoms with Crippen LogP contribution in [-0.2, 0) is 7.05 Å². The fraction of sp³-hybridized carbons (Fsp3) is 0.250. The third-order valence-corrected chi connectivity index (χ3v) is 2.52. The molecule has 2 aromatic rings. The number of halogens is 1. The number of ether oxygens (including phenoxy) is 1. The molecular weight excluding hydrogens is 234 g/mol. The van der Waals surface area contributed by atoms with Gasteiger partial charge in [-0.15, -0.1) is 0 Å². The van der Waals surface area contributed by atoms with Gasteiger partial charge in [-0.2, -0.15) is 5.10 Å². The molecule has 0 N–H and O–H groups in total. The van der Waals surface area contributed by atoms with Gasteiger partial charge in [-0.05, 0) is 15.9 Å². The predicted octanol–water partition coefficient (Wildman–Crippen LogP) is 1.74. The van der Waals surface area contributed by atoms with Crippen molar-refractivity contribution in [2.45, 2.75) is 0 Å². The van der Waals surface area contributed by atoms with Gasteiger partial charge in [0.1, 0.15) is 5.52 Å². The number of aryl methyl sites for hydroxylation is 1. The van der Waals surface area contributed by atoms with Crippen molar-refractivity contribution >= 4 is 26.8 Å². The van der Waals surface area contributed by atoms with E-state index in [0.717, 1.165) is 15.4 Å². The van der Waals surface area contributed by atoms with Gasteiger partial charge in [-0.1, -0.05) is 0 Å². The summed E-state index contributed by atoms with van der Waals surface area (Å²) in [5.41, 5.74) is 0.900. The number of methoxy groups -OCH3 is 1. The monoisotopic (exact) mass is 241 g/mol. The molecule has 2 rings (SSSR count). The van der Waals surface area contributed by atoms with Gasteiger partial charge in [0.25, 0.3) is 0 Å². The summed E-state index contributed by atoms with van der Waals surface area (Å²) in [5.74, 6) is 0.596. The van der Waals surface area contributed by atoms with Crippen LogP contribution >= 0.6 is 15.9 Å². The quantitative estimate of drug-likeness (QED) is 0.764. The second kappa shape index (κ2) is 2.99. The molecule has 0 atom stereocenters. The van der Waals surface area contributed by atoms with Crippen LogP contribution in [0.15, 0.2) is 16.9 Å². The zero-order valence-corrected chi connectivity index (χ0v) is 8.87. The molecule has 5 heteroatoms. The first-order valence-electron chi connectivity index (χ1n) is 3.74. The number of rotatable bonds is 1. The van der Waals surface area contributed by atoms with E-state index in [1.165, 1.54) is 0 Å². The molecule has 0 bridgehead atoms. The minimum absolute atomic E-state index is 0.596. The van der Waals surface area contributed by atoms with E-state index in [1.807, 2.05) is 7.05 Å². The number of hydrogen-bond acceptors (Lipinski definition) is 3. The molecule has 2 aromatic heterocycles. The highest BCUT2D eigenvalue weighted by molar-refractivity contribution is 9.10. The number of hydrogen-bond donors (Lipinski definition) is 0. The SMILES string of the molecule is COc1ncc(Br)c2cnn(C)c12. The molecule has 0 saturated heterocycles. The summed E-state index contributed by atoms with van der Waals surface area (Å²) in [6.07, 6.45) is 3.49. The number of fused-ring (bicyclic) bond motifs is 1. The highest BCUT2D eigenvalue weighted by Gasteiger charge is 2.10. The van der Waals surface area contributed by atoms with Crippen molar-refractivity contribution in [3.8, 4) is 5.88 Å². The molecule has 13 heavy (non-hydrogen) atoms. The Hall–Kier alpha value is -1.10. The van der Waals surface area contributed by atoms with Gasteiger partial charge in [0.2, 0.25) is 5.88 Å². The van der Waals surface area contributed by atoms with E-state index in [9.17, 15) is 0 Å². The lowest BCUT2D eigenvalue weighted by atomic mass is 10.3. The van der Waals surface area contributed by atoms with Crippen molar-refractivity contribution in [2.24, 2.45) is 7.05 Å². The van der Waals surface area contributed by atoms with Gasteiger partial charge in [0.15, 0.2) is 0 Å². The van der Waals surface area contributed by atoms with Crippen molar-refractivity contribution in [3.05, 3.63) is 16.9 Å². The predicted molar refractivity (Wildman–Crippen MR) is 52.8 cm³/mol. The van der Waals surface area contributed by atoms with Crippen LogP contribution in [-0.4, -0.2) is 21.9 Å². The lowest BCUT2D eigenvalue weighted by Gasteiger charge is -2.02. The molecule has 0 unspecified atom stereocenters. The fourth-order valence-corrected chi connectivity index (χ4v) is 1.65. The van der Waals surface area contributed by atoms with Gasteiger partial charge >= 0.3 is 0 Å². The Labute approximate surface area is 83.7 Å². The minimum atomic E-state index is 0.596. The topological polar surface area (TPSA) is 39.9 Å². The number of aromatic nitrogens is 3. The third kappa shape index (κ3) is 1.19. The summed E-state index contributed by atoms with van der Waals surface area (Å²) >= 11 is 3.40. The summed E-state index contributed by atoms with van der Waals surface area (Å²) in [6.45, 7) is 0. The van der Waals surface area contributed by atoms with Crippen molar-refractivity contribution in [3.63, 3.8) is 0 Å². The lowest BCUT2D eigenvalue weighted by molar-refractivity contribution is 0.400. The van der Waals surface area contributed by atoms with Crippen LogP contribution in [0.25, 0.3) is 10.9 Å². The Morgan fingerprint density at radius 3 is 2.92 bits per heavy atom. The molecule has 0 amide bonds. The van der Waals surface area contributed by atoms with E-state index in [2.05, 4.69) is 26.0 Å². The normalized spacial score (nSPS) is 10.7. The molecule has 0 radical (unpaired) electrons. The Kier molecular flexibility index (Phi) is 1.95. The largest absolute Gasteiger partial charge is 0.479 e. The van der Waals surface area contributed by atoms with Gasteiger partial charge in [-0.3, -0.25) is 4.68 Å². The van der Waals surface area contributed by atoms with E-state index >= 15 is 0 Å². The number of nitrogens with zero attached hydrogens (tertiary/aromatic N) is 3. The Balaban J connectivity index is 2.88. The maximum atomic E-state index is 5.13. The smallest absolute Gasteiger partial charge is 0.239 e. The van der Waals surface area contributed by atoms with E-state index in [0.29, 0.717) is 5.88 Å². The summed E-state index contributed by atoms with van der Waals surface area (Å²) in [4.78, 5) is 4.13. The molecule has 0 aromatic carbocycles. The molecular formula is C8H8BrN3O. The highest BCUT2D eigenvalue weighted by Crippen LogP contribution is 2.28. The molecule has 0 aliphatic heterocycles. The van der Waals surface area contributed by atoms with Crippen LogP contribution in [0.4, 0.5) is 0 Å². The van der Waals surface area contributed by atoms with Gasteiger partial charge < -0.3 is 4.74 Å². The van der Waals surface area contributed by atoms with Crippen LogP contribution in [0, 0.1) is 0 Å². The summed E-state index contributed by atoms with van der Waals surface area (Å²) in [7, 11) is 3.46. The zero-order chi connectivity index (χ0) is 9.42. The molecule has 68 valence electrons. The second-order valence-electron chi connectivity index (χ2n) is 2.65. The van der Waals surface area contributed by atoms with E-state index in [4.69, 9.17) is 4.74 Å². The van der Waals surface area contributed by atoms with Gasteiger partial charge in [0, 0.05) is 23.1 Å². The van der Waals surface area contributed by atoms with E-state index < -0.39 is 0 Å². The van der Waals surface area contributed by atoms with Gasteiger partial charge in [0.05, 0.1) is 13.3 Å². The van der Waals surface area contributed by atoms with Crippen LogP contribution in [0.1, 0.15) is 0 Å². The Morgan fingerprint density at radius 1 is 1.46 bits per heavy atom. The van der Waals surface area contributed by atoms with Gasteiger partial charge in [-0.25, -0.2) is 4.98 Å². The summed E-state index contributed by atoms with van der Waals surface area (Å²) < 4.78 is 7.80. The van der Waals surface area contributed by atoms with Crippen molar-refractivity contribution < 1.29 is 4.74 Å². The maximum Gasteiger partial charge on any atom is 0.239 e. The second-order valence-corrected chi connectivity index (χ2v) is 3.50. The first-order chi connectivity index (χ1) is 6.24. The summed E-state index contributed by atoms with van der Waals surface area (Å²) in [6, 6.07) is 0. The third-order valence-electron chi connectivity index (χ3n) is 1.89. The minimum Gasteiger partial charge on any atom is -0.479 e. The van der Waals surface area contributed by atoms with E-state index in [1.54, 1.807) is 24.2 Å². The molecule has 4 nitrogen and oxygen atoms in total. The van der Waals surface area contributed by atoms with Crippen molar-refractivity contribution in [2.75, 3.05) is 7.11 Å². The molecule has 0 aliphatic carbocycles. The zero-order valence-electron chi connectivity index (χ0n) is 7.28. The van der Waals surface area contributed by atoms with Crippen LogP contribution < -0.4 is 4.74 Å². The lowest BCUT2D eigenvalue weighted by Crippen LogP contribution is -1.95. The summed E-state index contributed by atoms with van der Waals surface area (Å²) in [5, 5.41) is 5.14. The Morgan fingerprint density at radius 2 is 2.23 bits per heavy atom. The first kappa shape index (κ1) is 8.50. The molecule has 0 spiro atoms. The van der Waals surface area contributed by atoms with Crippen molar-refractivity contribution in [1.82, 2.24) is 14.8 Å². The van der Waals surface area contributed by atoms with E-state index in [-0.39, 0.29) is 0 Å². The Bertz CT molecular complexity index is 452. The van der Waals surface area contributed by atoms with Crippen LogP contribution in [0.5, 0.6) is 5.88 Å². The molecule has 0 fully saturated rings. The molecule has 0 aliphatic rings. The number of pyridine rings is 1. The average molecular weight is 242 g/mol. The standard InChI is InChI=1S/C8H8BrN3O/c1-12-7-5(3-11-12)6(9)4-10-8(7)13-2/h3-4H,1-2H3. The highest BCUT2D eigenvalue weighted by atomic mass is 79.9. The van der Waals surface area contributed by atoms with Crippen LogP contribution in [0.3, 0.4) is 0 Å².